The van der Waals surface area contributed by atoms with Gasteiger partial charge in [-0.15, -0.1) is 0 Å². The lowest BCUT2D eigenvalue weighted by Gasteiger charge is -2.36. The molecule has 2 saturated heterocycles. The molecule has 124 valence electrons. The number of piperazine rings is 1. The molecular weight excluding hydrogens is 296 g/mol. The van der Waals surface area contributed by atoms with E-state index in [1.165, 1.54) is 0 Å². The van der Waals surface area contributed by atoms with Crippen LogP contribution in [-0.4, -0.2) is 66.4 Å². The third-order valence-corrected chi connectivity index (χ3v) is 4.65. The Morgan fingerprint density at radius 1 is 1.04 bits per heavy atom. The number of nitro benzene ring substituents is 1. The van der Waals surface area contributed by atoms with Gasteiger partial charge in [0.1, 0.15) is 5.69 Å². The van der Waals surface area contributed by atoms with Crippen molar-refractivity contribution in [3.8, 4) is 0 Å². The van der Waals surface area contributed by atoms with E-state index in [0.717, 1.165) is 52.2 Å². The van der Waals surface area contributed by atoms with Gasteiger partial charge in [-0.2, -0.15) is 0 Å². The number of anilines is 1. The van der Waals surface area contributed by atoms with E-state index < -0.39 is 0 Å². The lowest BCUT2D eigenvalue weighted by atomic mass is 10.2. The average Bonchev–Trinajstić information content (AvgIpc) is 2.98. The standard InChI is InChI=1S/C16H22N4O3/c21-16-6-3-7-19(16)13-10-17-8-11-18(12-9-17)14-4-1-2-5-15(14)20(22)23/h1-2,4-5H,3,6-13H2. The Bertz CT molecular complexity index is 584. The number of carbonyl (C=O) groups excluding carboxylic acids is 1. The first-order valence-electron chi connectivity index (χ1n) is 8.13. The maximum atomic E-state index is 11.6. The zero-order valence-corrected chi connectivity index (χ0v) is 13.2. The van der Waals surface area contributed by atoms with E-state index >= 15 is 0 Å². The zero-order valence-electron chi connectivity index (χ0n) is 13.2. The summed E-state index contributed by atoms with van der Waals surface area (Å²) in [5, 5.41) is 11.1. The lowest BCUT2D eigenvalue weighted by Crippen LogP contribution is -2.48. The van der Waals surface area contributed by atoms with Crippen LogP contribution in [0.3, 0.4) is 0 Å². The predicted octanol–water partition coefficient (Wildman–Crippen LogP) is 1.34. The number of amides is 1. The van der Waals surface area contributed by atoms with Crippen LogP contribution in [0, 0.1) is 10.1 Å². The average molecular weight is 318 g/mol. The van der Waals surface area contributed by atoms with Crippen LogP contribution >= 0.6 is 0 Å². The number of nitrogens with zero attached hydrogens (tertiary/aromatic N) is 4. The molecule has 2 aliphatic rings. The van der Waals surface area contributed by atoms with E-state index in [4.69, 9.17) is 0 Å². The predicted molar refractivity (Wildman–Crippen MR) is 87.6 cm³/mol. The second-order valence-corrected chi connectivity index (χ2v) is 6.06. The van der Waals surface area contributed by atoms with Crippen LogP contribution in [0.1, 0.15) is 12.8 Å². The highest BCUT2D eigenvalue weighted by Gasteiger charge is 2.24. The Kier molecular flexibility index (Phi) is 4.76. The van der Waals surface area contributed by atoms with Gasteiger partial charge in [0.05, 0.1) is 4.92 Å². The Labute approximate surface area is 135 Å². The fourth-order valence-corrected chi connectivity index (χ4v) is 3.30. The van der Waals surface area contributed by atoms with Gasteiger partial charge in [0.2, 0.25) is 5.91 Å². The lowest BCUT2D eigenvalue weighted by molar-refractivity contribution is -0.384. The van der Waals surface area contributed by atoms with Crippen LogP contribution < -0.4 is 4.90 Å². The molecule has 7 heteroatoms. The topological polar surface area (TPSA) is 69.9 Å². The van der Waals surface area contributed by atoms with Crippen LogP contribution in [0.2, 0.25) is 0 Å². The molecule has 0 N–H and O–H groups in total. The first-order chi connectivity index (χ1) is 11.1. The smallest absolute Gasteiger partial charge is 0.292 e. The summed E-state index contributed by atoms with van der Waals surface area (Å²) in [6.07, 6.45) is 1.66. The van der Waals surface area contributed by atoms with Gasteiger partial charge < -0.3 is 9.80 Å². The van der Waals surface area contributed by atoms with Gasteiger partial charge in [-0.25, -0.2) is 0 Å². The van der Waals surface area contributed by atoms with Crippen molar-refractivity contribution in [2.24, 2.45) is 0 Å². The summed E-state index contributed by atoms with van der Waals surface area (Å²) in [7, 11) is 0. The number of para-hydroxylation sites is 2. The molecule has 0 spiro atoms. The van der Waals surface area contributed by atoms with E-state index in [0.29, 0.717) is 12.1 Å². The Morgan fingerprint density at radius 3 is 2.43 bits per heavy atom. The van der Waals surface area contributed by atoms with Crippen molar-refractivity contribution < 1.29 is 9.72 Å². The largest absolute Gasteiger partial charge is 0.363 e. The first-order valence-corrected chi connectivity index (χ1v) is 8.13. The monoisotopic (exact) mass is 318 g/mol. The van der Waals surface area contributed by atoms with E-state index in [2.05, 4.69) is 9.80 Å². The van der Waals surface area contributed by atoms with Gasteiger partial charge in [0.15, 0.2) is 0 Å². The fraction of sp³-hybridized carbons (Fsp3) is 0.562. The van der Waals surface area contributed by atoms with Gasteiger partial charge in [-0.05, 0) is 12.5 Å². The van der Waals surface area contributed by atoms with Crippen molar-refractivity contribution in [2.45, 2.75) is 12.8 Å². The van der Waals surface area contributed by atoms with Crippen LogP contribution in [0.4, 0.5) is 11.4 Å². The summed E-state index contributed by atoms with van der Waals surface area (Å²) in [6.45, 7) is 5.86. The van der Waals surface area contributed by atoms with Crippen LogP contribution in [-0.2, 0) is 4.79 Å². The number of hydrogen-bond donors (Lipinski definition) is 0. The Hall–Kier alpha value is -2.15. The van der Waals surface area contributed by atoms with Crippen molar-refractivity contribution in [3.05, 3.63) is 34.4 Å². The molecule has 2 aliphatic heterocycles. The molecule has 0 aromatic heterocycles. The van der Waals surface area contributed by atoms with Crippen LogP contribution in [0.25, 0.3) is 0 Å². The maximum Gasteiger partial charge on any atom is 0.292 e. The quantitative estimate of drug-likeness (QED) is 0.605. The maximum absolute atomic E-state index is 11.6. The molecule has 1 aromatic carbocycles. The summed E-state index contributed by atoms with van der Waals surface area (Å²) < 4.78 is 0. The molecule has 23 heavy (non-hydrogen) atoms. The van der Waals surface area contributed by atoms with E-state index in [1.54, 1.807) is 12.1 Å². The summed E-state index contributed by atoms with van der Waals surface area (Å²) >= 11 is 0. The summed E-state index contributed by atoms with van der Waals surface area (Å²) in [5.41, 5.74) is 0.871. The Balaban J connectivity index is 1.52. The minimum Gasteiger partial charge on any atom is -0.363 e. The molecule has 0 atom stereocenters. The van der Waals surface area contributed by atoms with Crippen molar-refractivity contribution in [1.29, 1.82) is 0 Å². The van der Waals surface area contributed by atoms with Crippen LogP contribution in [0.15, 0.2) is 24.3 Å². The number of carbonyl (C=O) groups is 1. The second kappa shape index (κ2) is 6.95. The zero-order chi connectivity index (χ0) is 16.2. The molecule has 3 rings (SSSR count). The molecule has 1 aromatic rings. The van der Waals surface area contributed by atoms with E-state index in [-0.39, 0.29) is 16.5 Å². The fourth-order valence-electron chi connectivity index (χ4n) is 3.30. The SMILES string of the molecule is O=C1CCCN1CCN1CCN(c2ccccc2[N+](=O)[O-])CC1. The highest BCUT2D eigenvalue weighted by Crippen LogP contribution is 2.28. The first kappa shape index (κ1) is 15.7. The molecule has 0 aliphatic carbocycles. The van der Waals surface area contributed by atoms with E-state index in [1.807, 2.05) is 17.0 Å². The number of hydrogen-bond acceptors (Lipinski definition) is 5. The molecule has 0 saturated carbocycles. The highest BCUT2D eigenvalue weighted by molar-refractivity contribution is 5.78. The molecule has 0 bridgehead atoms. The minimum absolute atomic E-state index is 0.170. The Morgan fingerprint density at radius 2 is 1.78 bits per heavy atom. The number of likely N-dealkylation sites (tertiary alicyclic amines) is 1. The van der Waals surface area contributed by atoms with Crippen molar-refractivity contribution in [2.75, 3.05) is 50.7 Å². The van der Waals surface area contributed by atoms with Gasteiger partial charge in [0.25, 0.3) is 5.69 Å². The summed E-state index contributed by atoms with van der Waals surface area (Å²) in [5.74, 6) is 0.267. The minimum atomic E-state index is -0.319. The normalized spacial score (nSPS) is 19.4. The van der Waals surface area contributed by atoms with Crippen molar-refractivity contribution in [1.82, 2.24) is 9.80 Å². The van der Waals surface area contributed by atoms with Crippen molar-refractivity contribution >= 4 is 17.3 Å². The second-order valence-electron chi connectivity index (χ2n) is 6.06. The summed E-state index contributed by atoms with van der Waals surface area (Å²) in [4.78, 5) is 28.8. The molecule has 7 nitrogen and oxygen atoms in total. The third-order valence-electron chi connectivity index (χ3n) is 4.65. The van der Waals surface area contributed by atoms with Gasteiger partial charge >= 0.3 is 0 Å². The van der Waals surface area contributed by atoms with Gasteiger partial charge in [0, 0.05) is 58.3 Å². The molecular formula is C16H22N4O3. The van der Waals surface area contributed by atoms with Gasteiger partial charge in [-0.3, -0.25) is 19.8 Å². The molecule has 0 unspecified atom stereocenters. The number of rotatable bonds is 5. The molecule has 0 radical (unpaired) electrons. The van der Waals surface area contributed by atoms with Crippen LogP contribution in [0.5, 0.6) is 0 Å². The highest BCUT2D eigenvalue weighted by atomic mass is 16.6. The third kappa shape index (κ3) is 3.61. The van der Waals surface area contributed by atoms with Crippen molar-refractivity contribution in [3.63, 3.8) is 0 Å². The molecule has 2 fully saturated rings. The molecule has 1 amide bonds. The molecule has 2 heterocycles. The van der Waals surface area contributed by atoms with Gasteiger partial charge in [-0.1, -0.05) is 12.1 Å². The number of benzene rings is 1. The summed E-state index contributed by atoms with van der Waals surface area (Å²) in [6, 6.07) is 6.91. The number of nitro groups is 1. The van der Waals surface area contributed by atoms with E-state index in [9.17, 15) is 14.9 Å².